The number of hydrogen-bond donors (Lipinski definition) is 1. The third-order valence-electron chi connectivity index (χ3n) is 5.27. The molecule has 2 aromatic carbocycles. The lowest BCUT2D eigenvalue weighted by Gasteiger charge is -2.30. The first-order valence-corrected chi connectivity index (χ1v) is 12.9. The molecule has 0 aliphatic carbocycles. The summed E-state index contributed by atoms with van der Waals surface area (Å²) in [5.41, 5.74) is 1.72. The summed E-state index contributed by atoms with van der Waals surface area (Å²) >= 11 is 9.44. The van der Waals surface area contributed by atoms with Crippen molar-refractivity contribution in [1.82, 2.24) is 9.62 Å². The molecule has 0 aromatic heterocycles. The molecule has 3 rings (SSSR count). The average Bonchev–Trinajstić information content (AvgIpc) is 2.73. The molecule has 31 heavy (non-hydrogen) atoms. The van der Waals surface area contributed by atoms with Crippen molar-refractivity contribution in [3.8, 4) is 5.75 Å². The van der Waals surface area contributed by atoms with Gasteiger partial charge in [-0.05, 0) is 55.2 Å². The van der Waals surface area contributed by atoms with Crippen molar-refractivity contribution in [3.05, 3.63) is 63.1 Å². The first-order chi connectivity index (χ1) is 14.7. The van der Waals surface area contributed by atoms with E-state index in [0.29, 0.717) is 49.9 Å². The highest BCUT2D eigenvalue weighted by Crippen LogP contribution is 2.23. The second kappa shape index (κ2) is 10.8. The Bertz CT molecular complexity index is 1020. The number of amides is 1. The van der Waals surface area contributed by atoms with E-state index in [1.54, 1.807) is 12.1 Å². The normalized spacial score (nSPS) is 15.6. The first-order valence-electron chi connectivity index (χ1n) is 10.1. The van der Waals surface area contributed by atoms with E-state index in [0.717, 1.165) is 15.6 Å². The molecule has 1 amide bonds. The van der Waals surface area contributed by atoms with Crippen molar-refractivity contribution in [2.45, 2.75) is 25.5 Å². The number of piperidine rings is 1. The topological polar surface area (TPSA) is 75.7 Å². The molecule has 1 aliphatic rings. The number of halogens is 2. The minimum Gasteiger partial charge on any atom is -0.492 e. The zero-order valence-electron chi connectivity index (χ0n) is 17.3. The Balaban J connectivity index is 1.41. The summed E-state index contributed by atoms with van der Waals surface area (Å²) in [6.07, 6.45) is 1.02. The summed E-state index contributed by atoms with van der Waals surface area (Å²) in [6.45, 7) is 3.35. The molecule has 0 saturated carbocycles. The van der Waals surface area contributed by atoms with Crippen LogP contribution in [0.1, 0.15) is 24.0 Å². The molecule has 0 atom stereocenters. The summed E-state index contributed by atoms with van der Waals surface area (Å²) in [6, 6.07) is 12.8. The highest BCUT2D eigenvalue weighted by molar-refractivity contribution is 9.10. The molecule has 0 radical (unpaired) electrons. The van der Waals surface area contributed by atoms with Crippen LogP contribution >= 0.6 is 27.5 Å². The third kappa shape index (κ3) is 6.94. The maximum atomic E-state index is 12.7. The minimum absolute atomic E-state index is 0.0380. The summed E-state index contributed by atoms with van der Waals surface area (Å²) < 4.78 is 33.4. The molecule has 6 nitrogen and oxygen atoms in total. The van der Waals surface area contributed by atoms with E-state index in [-0.39, 0.29) is 17.6 Å². The maximum Gasteiger partial charge on any atom is 0.223 e. The number of rotatable bonds is 8. The molecular formula is C22H26BrClN2O4S. The zero-order chi connectivity index (χ0) is 22.4. The Morgan fingerprint density at radius 3 is 2.65 bits per heavy atom. The van der Waals surface area contributed by atoms with Crippen LogP contribution in [0.15, 0.2) is 46.9 Å². The van der Waals surface area contributed by atoms with E-state index < -0.39 is 10.0 Å². The second-order valence-corrected chi connectivity index (χ2v) is 10.9. The van der Waals surface area contributed by atoms with Crippen molar-refractivity contribution in [3.63, 3.8) is 0 Å². The van der Waals surface area contributed by atoms with E-state index in [2.05, 4.69) is 21.2 Å². The van der Waals surface area contributed by atoms with Gasteiger partial charge in [-0.1, -0.05) is 45.7 Å². The van der Waals surface area contributed by atoms with Crippen molar-refractivity contribution in [1.29, 1.82) is 0 Å². The number of nitrogens with zero attached hydrogens (tertiary/aromatic N) is 1. The van der Waals surface area contributed by atoms with E-state index in [1.807, 2.05) is 37.3 Å². The number of benzene rings is 2. The maximum absolute atomic E-state index is 12.7. The fraction of sp³-hybridized carbons (Fsp3) is 0.409. The van der Waals surface area contributed by atoms with Crippen LogP contribution in [0.25, 0.3) is 0 Å². The molecule has 1 heterocycles. The second-order valence-electron chi connectivity index (χ2n) is 7.61. The lowest BCUT2D eigenvalue weighted by molar-refractivity contribution is -0.126. The highest BCUT2D eigenvalue weighted by Gasteiger charge is 2.31. The molecule has 1 N–H and O–H groups in total. The molecule has 0 unspecified atom stereocenters. The predicted octanol–water partition coefficient (Wildman–Crippen LogP) is 4.15. The number of carbonyl (C=O) groups is 1. The number of ether oxygens (including phenoxy) is 1. The van der Waals surface area contributed by atoms with Gasteiger partial charge in [-0.25, -0.2) is 12.7 Å². The SMILES string of the molecule is Cc1ccc(OCCNC(=O)C2CCN(S(=O)(=O)Cc3cccc(Br)c3)CC2)cc1Cl. The summed E-state index contributed by atoms with van der Waals surface area (Å²) in [5, 5.41) is 3.52. The van der Waals surface area contributed by atoms with Gasteiger partial charge in [0.25, 0.3) is 0 Å². The van der Waals surface area contributed by atoms with Gasteiger partial charge in [0.15, 0.2) is 0 Å². The number of nitrogens with one attached hydrogen (secondary N) is 1. The van der Waals surface area contributed by atoms with Gasteiger partial charge in [0.05, 0.1) is 12.3 Å². The van der Waals surface area contributed by atoms with Crippen molar-refractivity contribution < 1.29 is 17.9 Å². The summed E-state index contributed by atoms with van der Waals surface area (Å²) in [4.78, 5) is 12.4. The van der Waals surface area contributed by atoms with Crippen molar-refractivity contribution in [2.24, 2.45) is 5.92 Å². The zero-order valence-corrected chi connectivity index (χ0v) is 20.5. The standard InChI is InChI=1S/C22H26BrClN2O4S/c1-16-5-6-20(14-21(16)24)30-12-9-25-22(27)18-7-10-26(11-8-18)31(28,29)15-17-3-2-4-19(23)13-17/h2-6,13-14,18H,7-12,15H2,1H3,(H,25,27). The number of hydrogen-bond acceptors (Lipinski definition) is 4. The third-order valence-corrected chi connectivity index (χ3v) is 8.02. The average molecular weight is 530 g/mol. The summed E-state index contributed by atoms with van der Waals surface area (Å²) in [7, 11) is -3.41. The van der Waals surface area contributed by atoms with E-state index in [9.17, 15) is 13.2 Å². The molecule has 2 aromatic rings. The Hall–Kier alpha value is -1.61. The van der Waals surface area contributed by atoms with Gasteiger partial charge in [-0.3, -0.25) is 4.79 Å². The van der Waals surface area contributed by atoms with Crippen LogP contribution in [0, 0.1) is 12.8 Å². The minimum atomic E-state index is -3.41. The lowest BCUT2D eigenvalue weighted by Crippen LogP contribution is -2.43. The van der Waals surface area contributed by atoms with Crippen LogP contribution in [-0.2, 0) is 20.6 Å². The van der Waals surface area contributed by atoms with Gasteiger partial charge < -0.3 is 10.1 Å². The molecule has 0 spiro atoms. The van der Waals surface area contributed by atoms with Crippen LogP contribution in [0.3, 0.4) is 0 Å². The van der Waals surface area contributed by atoms with Crippen LogP contribution < -0.4 is 10.1 Å². The number of carbonyl (C=O) groups excluding carboxylic acids is 1. The first kappa shape index (κ1) is 24.0. The molecule has 1 aliphatic heterocycles. The largest absolute Gasteiger partial charge is 0.492 e. The lowest BCUT2D eigenvalue weighted by atomic mass is 9.97. The molecule has 168 valence electrons. The van der Waals surface area contributed by atoms with Crippen LogP contribution in [-0.4, -0.2) is 44.9 Å². The number of sulfonamides is 1. The Morgan fingerprint density at radius 2 is 1.97 bits per heavy atom. The fourth-order valence-corrected chi connectivity index (χ4v) is 5.64. The fourth-order valence-electron chi connectivity index (χ4n) is 3.48. The predicted molar refractivity (Wildman–Crippen MR) is 126 cm³/mol. The smallest absolute Gasteiger partial charge is 0.223 e. The van der Waals surface area contributed by atoms with Gasteiger partial charge in [-0.2, -0.15) is 0 Å². The summed E-state index contributed by atoms with van der Waals surface area (Å²) in [5.74, 6) is 0.374. The quantitative estimate of drug-likeness (QED) is 0.521. The van der Waals surface area contributed by atoms with Crippen molar-refractivity contribution >= 4 is 43.5 Å². The monoisotopic (exact) mass is 528 g/mol. The molecular weight excluding hydrogens is 504 g/mol. The van der Waals surface area contributed by atoms with Crippen LogP contribution in [0.2, 0.25) is 5.02 Å². The van der Waals surface area contributed by atoms with E-state index >= 15 is 0 Å². The van der Waals surface area contributed by atoms with Gasteiger partial charge in [0, 0.05) is 28.5 Å². The Kier molecular flexibility index (Phi) is 8.38. The van der Waals surface area contributed by atoms with Crippen LogP contribution in [0.4, 0.5) is 0 Å². The molecule has 1 saturated heterocycles. The molecule has 1 fully saturated rings. The number of aryl methyl sites for hydroxylation is 1. The van der Waals surface area contributed by atoms with Gasteiger partial charge in [-0.15, -0.1) is 0 Å². The van der Waals surface area contributed by atoms with Gasteiger partial charge >= 0.3 is 0 Å². The molecule has 0 bridgehead atoms. The molecule has 9 heteroatoms. The van der Waals surface area contributed by atoms with Gasteiger partial charge in [0.2, 0.25) is 15.9 Å². The van der Waals surface area contributed by atoms with Crippen LogP contribution in [0.5, 0.6) is 5.75 Å². The van der Waals surface area contributed by atoms with E-state index in [4.69, 9.17) is 16.3 Å². The van der Waals surface area contributed by atoms with Crippen molar-refractivity contribution in [2.75, 3.05) is 26.2 Å². The Labute approximate surface area is 197 Å². The highest BCUT2D eigenvalue weighted by atomic mass is 79.9. The Morgan fingerprint density at radius 1 is 1.23 bits per heavy atom. The van der Waals surface area contributed by atoms with E-state index in [1.165, 1.54) is 4.31 Å². The van der Waals surface area contributed by atoms with Gasteiger partial charge in [0.1, 0.15) is 12.4 Å².